The van der Waals surface area contributed by atoms with Crippen molar-refractivity contribution in [2.45, 2.75) is 19.0 Å². The van der Waals surface area contributed by atoms with Gasteiger partial charge in [0.05, 0.1) is 0 Å². The predicted octanol–water partition coefficient (Wildman–Crippen LogP) is 1.77. The number of nitrogens with two attached hydrogens (primary N) is 1. The van der Waals surface area contributed by atoms with Gasteiger partial charge in [0, 0.05) is 11.8 Å². The number of alkyl halides is 3. The smallest absolute Gasteiger partial charge is 0.475 e. The fourth-order valence-corrected chi connectivity index (χ4v) is 1.54. The summed E-state index contributed by atoms with van der Waals surface area (Å²) in [5.74, 6) is -2.60. The minimum absolute atomic E-state index is 0.150. The molecule has 0 aliphatic carbocycles. The van der Waals surface area contributed by atoms with Gasteiger partial charge in [0.15, 0.2) is 5.95 Å². The van der Waals surface area contributed by atoms with Crippen molar-refractivity contribution in [1.29, 1.82) is 0 Å². The normalized spacial score (nSPS) is 10.6. The number of carboxylic acids is 1. The van der Waals surface area contributed by atoms with Gasteiger partial charge >= 0.3 is 12.1 Å². The van der Waals surface area contributed by atoms with E-state index in [9.17, 15) is 18.0 Å². The van der Waals surface area contributed by atoms with Crippen LogP contribution in [0, 0.1) is 0 Å². The number of nitrogen functional groups attached to an aromatic ring is 1. The molecule has 1 aromatic carbocycles. The van der Waals surface area contributed by atoms with Crippen molar-refractivity contribution in [3.05, 3.63) is 58.0 Å². The standard InChI is InChI=1S/C12H13N3O.C2HF3O2/c13-12-14-8-10(11(16)15-12)7-6-9-4-2-1-3-5-9;3-2(4,5)1(6)7/h1-5,8H,6-7H2,(H3,13,14,15,16);(H,6,7). The molecule has 0 bridgehead atoms. The monoisotopic (exact) mass is 329 g/mol. The second-order valence-corrected chi connectivity index (χ2v) is 4.41. The Labute approximate surface area is 128 Å². The molecule has 0 atom stereocenters. The molecule has 0 fully saturated rings. The molecular weight excluding hydrogens is 315 g/mol. The van der Waals surface area contributed by atoms with Crippen LogP contribution in [-0.2, 0) is 17.6 Å². The number of nitrogens with zero attached hydrogens (tertiary/aromatic N) is 1. The maximum absolute atomic E-state index is 11.5. The Morgan fingerprint density at radius 3 is 2.26 bits per heavy atom. The molecule has 0 aliphatic heterocycles. The second-order valence-electron chi connectivity index (χ2n) is 4.41. The molecule has 1 aromatic heterocycles. The third-order valence-corrected chi connectivity index (χ3v) is 2.66. The highest BCUT2D eigenvalue weighted by Crippen LogP contribution is 2.13. The molecule has 6 nitrogen and oxygen atoms in total. The number of aryl methyl sites for hydroxylation is 2. The summed E-state index contributed by atoms with van der Waals surface area (Å²) in [7, 11) is 0. The van der Waals surface area contributed by atoms with Crippen molar-refractivity contribution in [2.24, 2.45) is 0 Å². The van der Waals surface area contributed by atoms with E-state index in [1.54, 1.807) is 0 Å². The van der Waals surface area contributed by atoms with Crippen LogP contribution in [0.5, 0.6) is 0 Å². The number of carboxylic acid groups (broad SMARTS) is 1. The topological polar surface area (TPSA) is 109 Å². The van der Waals surface area contributed by atoms with Gasteiger partial charge in [-0.2, -0.15) is 13.2 Å². The van der Waals surface area contributed by atoms with Gasteiger partial charge in [-0.15, -0.1) is 0 Å². The molecule has 124 valence electrons. The molecule has 0 aliphatic rings. The number of hydrogen-bond donors (Lipinski definition) is 3. The molecule has 0 spiro atoms. The molecule has 2 aromatic rings. The lowest BCUT2D eigenvalue weighted by molar-refractivity contribution is -0.192. The van der Waals surface area contributed by atoms with E-state index in [0.717, 1.165) is 6.42 Å². The summed E-state index contributed by atoms with van der Waals surface area (Å²) in [5, 5.41) is 7.12. The first-order valence-electron chi connectivity index (χ1n) is 6.38. The lowest BCUT2D eigenvalue weighted by atomic mass is 10.1. The van der Waals surface area contributed by atoms with Crippen molar-refractivity contribution >= 4 is 11.9 Å². The first kappa shape index (κ1) is 18.2. The number of halogens is 3. The van der Waals surface area contributed by atoms with Gasteiger partial charge in [0.1, 0.15) is 0 Å². The number of aliphatic carboxylic acids is 1. The largest absolute Gasteiger partial charge is 0.490 e. The Morgan fingerprint density at radius 2 is 1.78 bits per heavy atom. The van der Waals surface area contributed by atoms with E-state index in [2.05, 4.69) is 9.97 Å². The van der Waals surface area contributed by atoms with Crippen LogP contribution in [0.15, 0.2) is 41.3 Å². The molecule has 23 heavy (non-hydrogen) atoms. The Kier molecular flexibility index (Phi) is 6.31. The van der Waals surface area contributed by atoms with E-state index in [-0.39, 0.29) is 11.5 Å². The molecule has 9 heteroatoms. The maximum Gasteiger partial charge on any atom is 0.490 e. The second kappa shape index (κ2) is 7.97. The quantitative estimate of drug-likeness (QED) is 0.795. The van der Waals surface area contributed by atoms with Crippen LogP contribution >= 0.6 is 0 Å². The third-order valence-electron chi connectivity index (χ3n) is 2.66. The van der Waals surface area contributed by atoms with Gasteiger partial charge in [-0.05, 0) is 18.4 Å². The summed E-state index contributed by atoms with van der Waals surface area (Å²) in [6.45, 7) is 0. The Balaban J connectivity index is 0.000000322. The lowest BCUT2D eigenvalue weighted by Crippen LogP contribution is -2.21. The van der Waals surface area contributed by atoms with Crippen LogP contribution in [0.3, 0.4) is 0 Å². The summed E-state index contributed by atoms with van der Waals surface area (Å²) in [4.78, 5) is 26.7. The molecule has 4 N–H and O–H groups in total. The molecule has 2 rings (SSSR count). The van der Waals surface area contributed by atoms with Gasteiger partial charge in [-0.1, -0.05) is 30.3 Å². The predicted molar refractivity (Wildman–Crippen MR) is 76.8 cm³/mol. The van der Waals surface area contributed by atoms with Crippen molar-refractivity contribution in [3.63, 3.8) is 0 Å². The average Bonchev–Trinajstić information content (AvgIpc) is 2.47. The van der Waals surface area contributed by atoms with E-state index in [1.165, 1.54) is 11.8 Å². The first-order valence-corrected chi connectivity index (χ1v) is 6.38. The minimum atomic E-state index is -5.08. The van der Waals surface area contributed by atoms with Gasteiger partial charge < -0.3 is 10.8 Å². The Bertz CT molecular complexity index is 700. The first-order chi connectivity index (χ1) is 10.7. The van der Waals surface area contributed by atoms with Crippen molar-refractivity contribution in [3.8, 4) is 0 Å². The number of carbonyl (C=O) groups is 1. The van der Waals surface area contributed by atoms with Gasteiger partial charge in [0.25, 0.3) is 5.56 Å². The van der Waals surface area contributed by atoms with Crippen LogP contribution < -0.4 is 11.3 Å². The number of benzene rings is 1. The molecule has 1 heterocycles. The van der Waals surface area contributed by atoms with Crippen LogP contribution in [0.2, 0.25) is 0 Å². The zero-order valence-corrected chi connectivity index (χ0v) is 11.8. The summed E-state index contributed by atoms with van der Waals surface area (Å²) in [6.07, 6.45) is -2.04. The van der Waals surface area contributed by atoms with E-state index < -0.39 is 12.1 Å². The highest BCUT2D eigenvalue weighted by atomic mass is 19.4. The molecular formula is C14H14F3N3O3. The number of aromatic nitrogens is 2. The Hall–Kier alpha value is -2.84. The van der Waals surface area contributed by atoms with Crippen LogP contribution in [0.1, 0.15) is 11.1 Å². The van der Waals surface area contributed by atoms with E-state index in [1.807, 2.05) is 30.3 Å². The van der Waals surface area contributed by atoms with Crippen molar-refractivity contribution in [1.82, 2.24) is 9.97 Å². The lowest BCUT2D eigenvalue weighted by Gasteiger charge is -2.01. The number of aromatic amines is 1. The number of H-pyrrole nitrogens is 1. The average molecular weight is 329 g/mol. The molecule has 0 unspecified atom stereocenters. The fraction of sp³-hybridized carbons (Fsp3) is 0.214. The minimum Gasteiger partial charge on any atom is -0.475 e. The summed E-state index contributed by atoms with van der Waals surface area (Å²) < 4.78 is 31.7. The molecule has 0 saturated carbocycles. The van der Waals surface area contributed by atoms with E-state index in [4.69, 9.17) is 15.6 Å². The fourth-order valence-electron chi connectivity index (χ4n) is 1.54. The zero-order chi connectivity index (χ0) is 17.5. The maximum atomic E-state index is 11.5. The third kappa shape index (κ3) is 6.64. The van der Waals surface area contributed by atoms with Crippen LogP contribution in [0.25, 0.3) is 0 Å². The van der Waals surface area contributed by atoms with Crippen molar-refractivity contribution in [2.75, 3.05) is 5.73 Å². The van der Waals surface area contributed by atoms with Gasteiger partial charge in [0.2, 0.25) is 0 Å². The number of hydrogen-bond acceptors (Lipinski definition) is 4. The molecule has 0 amide bonds. The zero-order valence-electron chi connectivity index (χ0n) is 11.8. The SMILES string of the molecule is Nc1ncc(CCc2ccccc2)c(=O)[nH]1.O=C(O)C(F)(F)F. The summed E-state index contributed by atoms with van der Waals surface area (Å²) in [5.41, 5.74) is 7.09. The van der Waals surface area contributed by atoms with Crippen LogP contribution in [-0.4, -0.2) is 27.2 Å². The van der Waals surface area contributed by atoms with Gasteiger partial charge in [-0.25, -0.2) is 9.78 Å². The summed E-state index contributed by atoms with van der Waals surface area (Å²) in [6, 6.07) is 10.0. The Morgan fingerprint density at radius 1 is 1.22 bits per heavy atom. The van der Waals surface area contributed by atoms with Crippen molar-refractivity contribution < 1.29 is 23.1 Å². The molecule has 0 radical (unpaired) electrons. The highest BCUT2D eigenvalue weighted by molar-refractivity contribution is 5.73. The van der Waals surface area contributed by atoms with Gasteiger partial charge in [-0.3, -0.25) is 9.78 Å². The van der Waals surface area contributed by atoms with E-state index in [0.29, 0.717) is 12.0 Å². The number of anilines is 1. The summed E-state index contributed by atoms with van der Waals surface area (Å²) >= 11 is 0. The highest BCUT2D eigenvalue weighted by Gasteiger charge is 2.38. The number of rotatable bonds is 3. The molecule has 0 saturated heterocycles. The van der Waals surface area contributed by atoms with E-state index >= 15 is 0 Å². The number of nitrogens with one attached hydrogen (secondary N) is 1. The van der Waals surface area contributed by atoms with Crippen LogP contribution in [0.4, 0.5) is 19.1 Å².